The summed E-state index contributed by atoms with van der Waals surface area (Å²) in [5.74, 6) is -0.452. The molecular weight excluding hydrogens is 658 g/mol. The molecule has 15 heteroatoms. The summed E-state index contributed by atoms with van der Waals surface area (Å²) in [4.78, 5) is 53.4. The highest BCUT2D eigenvalue weighted by molar-refractivity contribution is 8.15. The number of hydrogen-bond donors (Lipinski definition) is 2. The standard InChI is InChI=1S/C33H42FN5O7SSi/c1-10-20(2)45-26-18-35-24(17-36-26)27(40)37-21-11-12-23(34)22(15-21)32(6)25-16-33(25,28(41)42)47-29(38-32)39(30(43)46-31(3,4)5)19-44-13-14-48(7,8)9/h1,11-12,15,17-18,20,25H,13-14,16,19H2,2-9H3,(H,37,40)(H,41,42)/t20-,25-,32+,33-/m0/s1. The second-order valence-electron chi connectivity index (χ2n) is 14.2. The van der Waals surface area contributed by atoms with Gasteiger partial charge in [-0.1, -0.05) is 37.3 Å². The van der Waals surface area contributed by atoms with Crippen LogP contribution in [-0.4, -0.2) is 81.0 Å². The Morgan fingerprint density at radius 3 is 2.54 bits per heavy atom. The number of aliphatic carboxylic acids is 1. The van der Waals surface area contributed by atoms with E-state index in [-0.39, 0.29) is 41.1 Å². The number of terminal acetylenes is 1. The Labute approximate surface area is 285 Å². The zero-order valence-corrected chi connectivity index (χ0v) is 30.2. The zero-order chi connectivity index (χ0) is 35.7. The van der Waals surface area contributed by atoms with Crippen LogP contribution in [0.25, 0.3) is 0 Å². The first-order valence-electron chi connectivity index (χ1n) is 15.4. The number of halogens is 1. The molecule has 0 radical (unpaired) electrons. The number of carboxylic acids is 1. The first kappa shape index (κ1) is 36.8. The third-order valence-electron chi connectivity index (χ3n) is 7.78. The summed E-state index contributed by atoms with van der Waals surface area (Å²) >= 11 is 0.939. The molecule has 0 bridgehead atoms. The number of anilines is 1. The van der Waals surface area contributed by atoms with Crippen molar-refractivity contribution < 1.29 is 38.1 Å². The first-order chi connectivity index (χ1) is 22.3. The number of thioether (sulfide) groups is 1. The monoisotopic (exact) mass is 699 g/mol. The van der Waals surface area contributed by atoms with E-state index in [0.717, 1.165) is 17.8 Å². The third-order valence-corrected chi connectivity index (χ3v) is 11.0. The number of nitrogens with zero attached hydrogens (tertiary/aromatic N) is 4. The highest BCUT2D eigenvalue weighted by Gasteiger charge is 2.72. The minimum atomic E-state index is -1.45. The number of carbonyl (C=O) groups is 3. The van der Waals surface area contributed by atoms with Gasteiger partial charge in [-0.05, 0) is 65.3 Å². The predicted molar refractivity (Wildman–Crippen MR) is 183 cm³/mol. The fourth-order valence-electron chi connectivity index (χ4n) is 5.05. The van der Waals surface area contributed by atoms with Crippen LogP contribution in [0.3, 0.4) is 0 Å². The Bertz CT molecular complexity index is 1640. The summed E-state index contributed by atoms with van der Waals surface area (Å²) in [5.41, 5.74) is -2.06. The van der Waals surface area contributed by atoms with Crippen molar-refractivity contribution in [2.24, 2.45) is 10.9 Å². The van der Waals surface area contributed by atoms with E-state index >= 15 is 4.39 Å². The lowest BCUT2D eigenvalue weighted by molar-refractivity contribution is -0.137. The molecule has 1 aromatic carbocycles. The van der Waals surface area contributed by atoms with Gasteiger partial charge >= 0.3 is 12.1 Å². The van der Waals surface area contributed by atoms with Crippen LogP contribution in [0.5, 0.6) is 5.88 Å². The minimum Gasteiger partial charge on any atom is -0.480 e. The summed E-state index contributed by atoms with van der Waals surface area (Å²) in [6.45, 7) is 15.2. The fourth-order valence-corrected chi connectivity index (χ4v) is 7.31. The number of aliphatic imine (C=N–C) groups is 1. The summed E-state index contributed by atoms with van der Waals surface area (Å²) in [5, 5.41) is 13.1. The van der Waals surface area contributed by atoms with Crippen molar-refractivity contribution in [1.82, 2.24) is 14.9 Å². The van der Waals surface area contributed by atoms with Crippen LogP contribution in [0, 0.1) is 24.1 Å². The van der Waals surface area contributed by atoms with E-state index in [0.29, 0.717) is 6.61 Å². The molecule has 4 rings (SSSR count). The summed E-state index contributed by atoms with van der Waals surface area (Å²) in [7, 11) is -1.45. The van der Waals surface area contributed by atoms with Gasteiger partial charge in [0.25, 0.3) is 5.91 Å². The number of amidine groups is 1. The lowest BCUT2D eigenvalue weighted by atomic mass is 9.85. The Morgan fingerprint density at radius 1 is 1.25 bits per heavy atom. The second-order valence-corrected chi connectivity index (χ2v) is 21.1. The van der Waals surface area contributed by atoms with E-state index in [9.17, 15) is 19.5 Å². The highest BCUT2D eigenvalue weighted by atomic mass is 32.2. The SMILES string of the molecule is C#C[C@H](C)Oc1cnc(C(=O)Nc2ccc(F)c([C@@]3(C)N=C(N(COCC[Si](C)(C)C)C(=O)OC(C)(C)C)S[C@@]4(C(=O)O)C[C@H]43)c2)cn1. The van der Waals surface area contributed by atoms with Gasteiger partial charge in [0.1, 0.15) is 28.6 Å². The lowest BCUT2D eigenvalue weighted by Gasteiger charge is -2.37. The molecular formula is C33H42FN5O7SSi. The van der Waals surface area contributed by atoms with Crippen LogP contribution in [0.2, 0.25) is 25.7 Å². The van der Waals surface area contributed by atoms with Crippen LogP contribution in [0.15, 0.2) is 35.6 Å². The summed E-state index contributed by atoms with van der Waals surface area (Å²) in [6, 6.07) is 4.80. The molecule has 2 aliphatic rings. The lowest BCUT2D eigenvalue weighted by Crippen LogP contribution is -2.47. The predicted octanol–water partition coefficient (Wildman–Crippen LogP) is 5.98. The maximum Gasteiger partial charge on any atom is 0.418 e. The molecule has 0 spiro atoms. The maximum absolute atomic E-state index is 15.7. The van der Waals surface area contributed by atoms with E-state index in [1.807, 2.05) is 0 Å². The molecule has 1 aromatic heterocycles. The molecule has 2 aromatic rings. The van der Waals surface area contributed by atoms with Crippen molar-refractivity contribution in [2.45, 2.75) is 88.7 Å². The minimum absolute atomic E-state index is 0.0311. The number of ether oxygens (including phenoxy) is 3. The number of rotatable bonds is 11. The van der Waals surface area contributed by atoms with Crippen LogP contribution >= 0.6 is 11.8 Å². The normalized spacial score (nSPS) is 22.3. The molecule has 2 amide bonds. The third kappa shape index (κ3) is 8.52. The van der Waals surface area contributed by atoms with Gasteiger partial charge in [0, 0.05) is 31.8 Å². The van der Waals surface area contributed by atoms with Gasteiger partial charge in [-0.15, -0.1) is 6.42 Å². The Hall–Kier alpha value is -4.00. The topological polar surface area (TPSA) is 153 Å². The molecule has 2 heterocycles. The van der Waals surface area contributed by atoms with E-state index in [1.54, 1.807) is 34.6 Å². The van der Waals surface area contributed by atoms with Gasteiger partial charge < -0.3 is 24.6 Å². The van der Waals surface area contributed by atoms with E-state index in [2.05, 4.69) is 40.8 Å². The molecule has 1 aliphatic carbocycles. The van der Waals surface area contributed by atoms with Gasteiger partial charge in [-0.25, -0.2) is 24.1 Å². The maximum atomic E-state index is 15.7. The largest absolute Gasteiger partial charge is 0.480 e. The summed E-state index contributed by atoms with van der Waals surface area (Å²) in [6.07, 6.45) is 6.67. The van der Waals surface area contributed by atoms with Gasteiger partial charge in [-0.3, -0.25) is 14.6 Å². The van der Waals surface area contributed by atoms with E-state index in [4.69, 9.17) is 25.6 Å². The average Bonchev–Trinajstić information content (AvgIpc) is 3.74. The number of fused-ring (bicyclic) bond motifs is 1. The summed E-state index contributed by atoms with van der Waals surface area (Å²) < 4.78 is 31.3. The van der Waals surface area contributed by atoms with Gasteiger partial charge in [0.05, 0.1) is 17.9 Å². The van der Waals surface area contributed by atoms with Gasteiger partial charge in [-0.2, -0.15) is 0 Å². The van der Waals surface area contributed by atoms with Crippen molar-refractivity contribution in [3.8, 4) is 18.2 Å². The number of amides is 2. The number of carbonyl (C=O) groups excluding carboxylic acids is 2. The molecule has 12 nitrogen and oxygen atoms in total. The van der Waals surface area contributed by atoms with Crippen molar-refractivity contribution in [3.05, 3.63) is 47.7 Å². The number of carboxylic acid groups (broad SMARTS) is 1. The van der Waals surface area contributed by atoms with Crippen molar-refractivity contribution in [1.29, 1.82) is 0 Å². The number of nitrogens with one attached hydrogen (secondary N) is 1. The van der Waals surface area contributed by atoms with E-state index in [1.165, 1.54) is 35.5 Å². The van der Waals surface area contributed by atoms with Crippen LogP contribution in [0.1, 0.15) is 57.1 Å². The molecule has 0 saturated heterocycles. The molecule has 0 unspecified atom stereocenters. The molecule has 4 atom stereocenters. The number of benzene rings is 1. The quantitative estimate of drug-likeness (QED) is 0.124. The molecule has 1 fully saturated rings. The second kappa shape index (κ2) is 13.8. The highest BCUT2D eigenvalue weighted by Crippen LogP contribution is 2.66. The van der Waals surface area contributed by atoms with E-state index < -0.39 is 59.8 Å². The average molecular weight is 700 g/mol. The number of aromatic nitrogens is 2. The molecule has 1 saturated carbocycles. The van der Waals surface area contributed by atoms with Crippen molar-refractivity contribution in [3.63, 3.8) is 0 Å². The number of hydrogen-bond acceptors (Lipinski definition) is 10. The van der Waals surface area contributed by atoms with Gasteiger partial charge in [0.15, 0.2) is 11.3 Å². The van der Waals surface area contributed by atoms with Crippen molar-refractivity contribution >= 4 is 48.7 Å². The molecule has 48 heavy (non-hydrogen) atoms. The van der Waals surface area contributed by atoms with Gasteiger partial charge in [0.2, 0.25) is 5.88 Å². The fraction of sp³-hybridized carbons (Fsp3) is 0.515. The molecule has 258 valence electrons. The smallest absolute Gasteiger partial charge is 0.418 e. The van der Waals surface area contributed by atoms with Crippen LogP contribution < -0.4 is 10.1 Å². The van der Waals surface area contributed by atoms with Crippen LogP contribution in [0.4, 0.5) is 14.9 Å². The molecule has 1 aliphatic heterocycles. The zero-order valence-electron chi connectivity index (χ0n) is 28.4. The molecule has 2 N–H and O–H groups in total. The van der Waals surface area contributed by atoms with Crippen LogP contribution in [-0.2, 0) is 19.8 Å². The first-order valence-corrected chi connectivity index (χ1v) is 20.0. The Balaban J connectivity index is 1.67. The Morgan fingerprint density at radius 2 is 1.96 bits per heavy atom. The van der Waals surface area contributed by atoms with Crippen molar-refractivity contribution in [2.75, 3.05) is 18.7 Å². The Kier molecular flexibility index (Phi) is 10.6.